The molecule has 3 N–H and O–H groups in total. The Morgan fingerprint density at radius 1 is 0.939 bits per heavy atom. The largest absolute Gasteiger partial charge is 0.465 e. The number of aryl methyl sites for hydroxylation is 1. The van der Waals surface area contributed by atoms with Crippen molar-refractivity contribution in [1.29, 1.82) is 0 Å². The van der Waals surface area contributed by atoms with Crippen LogP contribution in [0.3, 0.4) is 0 Å². The second-order valence-corrected chi connectivity index (χ2v) is 7.10. The summed E-state index contributed by atoms with van der Waals surface area (Å²) in [5.41, 5.74) is 0.839. The maximum absolute atomic E-state index is 13.0. The molecule has 2 aromatic carbocycles. The van der Waals surface area contributed by atoms with Crippen LogP contribution in [0.4, 0.5) is 29.3 Å². The number of nitrogens with zero attached hydrogens (tertiary/aromatic N) is 1. The Bertz CT molecular complexity index is 1230. The molecule has 0 spiro atoms. The first kappa shape index (κ1) is 23.5. The highest BCUT2D eigenvalue weighted by Gasteiger charge is 2.31. The summed E-state index contributed by atoms with van der Waals surface area (Å²) in [5, 5.41) is 13.0. The van der Waals surface area contributed by atoms with Gasteiger partial charge in [-0.15, -0.1) is 0 Å². The molecular formula is C23H18F3N3O4. The summed E-state index contributed by atoms with van der Waals surface area (Å²) in [6, 6.07) is 12.3. The van der Waals surface area contributed by atoms with Gasteiger partial charge in [-0.1, -0.05) is 18.2 Å². The second-order valence-electron chi connectivity index (χ2n) is 7.10. The first-order chi connectivity index (χ1) is 15.5. The molecule has 0 unspecified atom stereocenters. The number of hydrogen-bond donors (Lipinski definition) is 3. The lowest BCUT2D eigenvalue weighted by Crippen LogP contribution is -2.19. The Morgan fingerprint density at radius 2 is 1.67 bits per heavy atom. The summed E-state index contributed by atoms with van der Waals surface area (Å²) >= 11 is 0. The molecule has 1 aromatic heterocycles. The van der Waals surface area contributed by atoms with Crippen molar-refractivity contribution in [3.8, 4) is 11.1 Å². The number of hydrogen-bond acceptors (Lipinski definition) is 4. The molecule has 0 bridgehead atoms. The van der Waals surface area contributed by atoms with E-state index in [9.17, 15) is 27.6 Å². The minimum Gasteiger partial charge on any atom is -0.465 e. The van der Waals surface area contributed by atoms with E-state index < -0.39 is 41.6 Å². The number of benzene rings is 2. The minimum atomic E-state index is -4.71. The van der Waals surface area contributed by atoms with E-state index in [1.807, 2.05) is 18.3 Å². The van der Waals surface area contributed by atoms with E-state index in [-0.39, 0.29) is 11.3 Å². The lowest BCUT2D eigenvalue weighted by atomic mass is 10.0. The maximum Gasteiger partial charge on any atom is 0.416 e. The lowest BCUT2D eigenvalue weighted by molar-refractivity contribution is -0.137. The zero-order chi connectivity index (χ0) is 24.2. The summed E-state index contributed by atoms with van der Waals surface area (Å²) in [7, 11) is 0. The SMILES string of the molecule is Cc1cc(-c2cccc(C(=O)CC(=O)Nc3cc(C(F)(F)F)ccc3NC(=O)O)c2)ccn1. The fourth-order valence-corrected chi connectivity index (χ4v) is 3.09. The number of anilines is 2. The molecule has 170 valence electrons. The van der Waals surface area contributed by atoms with Crippen LogP contribution in [-0.2, 0) is 11.0 Å². The van der Waals surface area contributed by atoms with Gasteiger partial charge < -0.3 is 10.4 Å². The van der Waals surface area contributed by atoms with Crippen molar-refractivity contribution in [3.63, 3.8) is 0 Å². The number of rotatable bonds is 6. The molecule has 2 amide bonds. The zero-order valence-corrected chi connectivity index (χ0v) is 17.2. The van der Waals surface area contributed by atoms with Gasteiger partial charge >= 0.3 is 12.3 Å². The van der Waals surface area contributed by atoms with Crippen molar-refractivity contribution in [1.82, 2.24) is 4.98 Å². The Balaban J connectivity index is 1.79. The van der Waals surface area contributed by atoms with Gasteiger partial charge in [-0.25, -0.2) is 4.79 Å². The topological polar surface area (TPSA) is 108 Å². The van der Waals surface area contributed by atoms with Crippen molar-refractivity contribution in [2.45, 2.75) is 19.5 Å². The van der Waals surface area contributed by atoms with Crippen LogP contribution in [0.25, 0.3) is 11.1 Å². The minimum absolute atomic E-state index is 0.241. The second kappa shape index (κ2) is 9.51. The Hall–Kier alpha value is -4.21. The smallest absolute Gasteiger partial charge is 0.416 e. The van der Waals surface area contributed by atoms with Crippen LogP contribution in [0, 0.1) is 6.92 Å². The van der Waals surface area contributed by atoms with Crippen molar-refractivity contribution in [3.05, 3.63) is 77.6 Å². The van der Waals surface area contributed by atoms with Crippen LogP contribution in [0.5, 0.6) is 0 Å². The first-order valence-corrected chi connectivity index (χ1v) is 9.60. The molecule has 0 saturated heterocycles. The number of alkyl halides is 3. The molecule has 3 aromatic rings. The van der Waals surface area contributed by atoms with Crippen LogP contribution in [0.1, 0.15) is 28.0 Å². The molecule has 1 heterocycles. The van der Waals surface area contributed by atoms with Crippen LogP contribution in [0.2, 0.25) is 0 Å². The quantitative estimate of drug-likeness (QED) is 0.340. The van der Waals surface area contributed by atoms with Gasteiger partial charge in [0, 0.05) is 17.5 Å². The number of halogens is 3. The molecule has 0 radical (unpaired) electrons. The monoisotopic (exact) mass is 457 g/mol. The molecule has 0 atom stereocenters. The number of Topliss-reactive ketones (excluding diaryl/α,β-unsaturated/α-hetero) is 1. The maximum atomic E-state index is 13.0. The van der Waals surface area contributed by atoms with Crippen LogP contribution in [-0.4, -0.2) is 27.9 Å². The number of pyridine rings is 1. The Labute approximate surface area is 186 Å². The summed E-state index contributed by atoms with van der Waals surface area (Å²) in [6.07, 6.45) is -5.25. The molecular weight excluding hydrogens is 439 g/mol. The third-order valence-electron chi connectivity index (χ3n) is 4.60. The van der Waals surface area contributed by atoms with E-state index >= 15 is 0 Å². The van der Waals surface area contributed by atoms with Gasteiger partial charge in [0.05, 0.1) is 23.4 Å². The number of amides is 2. The third kappa shape index (κ3) is 6.16. The Morgan fingerprint density at radius 3 is 2.33 bits per heavy atom. The number of nitrogens with one attached hydrogen (secondary N) is 2. The number of carbonyl (C=O) groups excluding carboxylic acids is 2. The van der Waals surface area contributed by atoms with Gasteiger partial charge in [-0.05, 0) is 54.4 Å². The van der Waals surface area contributed by atoms with E-state index in [1.54, 1.807) is 30.5 Å². The molecule has 10 heteroatoms. The highest BCUT2D eigenvalue weighted by atomic mass is 19.4. The average molecular weight is 457 g/mol. The predicted octanol–water partition coefficient (Wildman–Crippen LogP) is 5.38. The van der Waals surface area contributed by atoms with E-state index in [0.29, 0.717) is 12.1 Å². The van der Waals surface area contributed by atoms with E-state index in [2.05, 4.69) is 10.3 Å². The van der Waals surface area contributed by atoms with Gasteiger partial charge in [-0.3, -0.25) is 19.9 Å². The normalized spacial score (nSPS) is 11.0. The van der Waals surface area contributed by atoms with Gasteiger partial charge in [0.1, 0.15) is 0 Å². The van der Waals surface area contributed by atoms with Gasteiger partial charge in [0.25, 0.3) is 0 Å². The summed E-state index contributed by atoms with van der Waals surface area (Å²) in [5.74, 6) is -1.45. The van der Waals surface area contributed by atoms with Gasteiger partial charge in [0.15, 0.2) is 5.78 Å². The van der Waals surface area contributed by atoms with Crippen LogP contribution >= 0.6 is 0 Å². The summed E-state index contributed by atoms with van der Waals surface area (Å²) < 4.78 is 39.1. The molecule has 0 aliphatic carbocycles. The molecule has 0 fully saturated rings. The fourth-order valence-electron chi connectivity index (χ4n) is 3.09. The van der Waals surface area contributed by atoms with Crippen LogP contribution in [0.15, 0.2) is 60.8 Å². The molecule has 7 nitrogen and oxygen atoms in total. The number of carbonyl (C=O) groups is 3. The van der Waals surface area contributed by atoms with Crippen molar-refractivity contribution in [2.75, 3.05) is 10.6 Å². The van der Waals surface area contributed by atoms with E-state index in [0.717, 1.165) is 22.9 Å². The standard InChI is InChI=1S/C23H18F3N3O4/c1-13-9-15(7-8-27-13)14-3-2-4-16(10-14)20(30)12-21(31)28-19-11-17(23(24,25)26)5-6-18(19)29-22(32)33/h2-11,29H,12H2,1H3,(H,28,31)(H,32,33). The predicted molar refractivity (Wildman–Crippen MR) is 115 cm³/mol. The lowest BCUT2D eigenvalue weighted by Gasteiger charge is -2.14. The molecule has 3 rings (SSSR count). The number of carboxylic acid groups (broad SMARTS) is 1. The zero-order valence-electron chi connectivity index (χ0n) is 17.2. The highest BCUT2D eigenvalue weighted by molar-refractivity contribution is 6.12. The first-order valence-electron chi connectivity index (χ1n) is 9.60. The third-order valence-corrected chi connectivity index (χ3v) is 4.60. The number of aromatic nitrogens is 1. The van der Waals surface area contributed by atoms with Crippen molar-refractivity contribution >= 4 is 29.2 Å². The summed E-state index contributed by atoms with van der Waals surface area (Å²) in [4.78, 5) is 40.1. The van der Waals surface area contributed by atoms with Crippen molar-refractivity contribution in [2.24, 2.45) is 0 Å². The molecule has 0 aliphatic rings. The fraction of sp³-hybridized carbons (Fsp3) is 0.130. The molecule has 0 aliphatic heterocycles. The molecule has 33 heavy (non-hydrogen) atoms. The van der Waals surface area contributed by atoms with Gasteiger partial charge in [0.2, 0.25) is 5.91 Å². The van der Waals surface area contributed by atoms with Crippen molar-refractivity contribution < 1.29 is 32.7 Å². The Kier molecular flexibility index (Phi) is 6.76. The summed E-state index contributed by atoms with van der Waals surface area (Å²) in [6.45, 7) is 1.82. The highest BCUT2D eigenvalue weighted by Crippen LogP contribution is 2.34. The van der Waals surface area contributed by atoms with E-state index in [1.165, 1.54) is 6.07 Å². The number of ketones is 1. The van der Waals surface area contributed by atoms with Crippen LogP contribution < -0.4 is 10.6 Å². The van der Waals surface area contributed by atoms with E-state index in [4.69, 9.17) is 5.11 Å². The molecule has 0 saturated carbocycles. The van der Waals surface area contributed by atoms with Gasteiger partial charge in [-0.2, -0.15) is 13.2 Å². The average Bonchev–Trinajstić information content (AvgIpc) is 2.74.